The quantitative estimate of drug-likeness (QED) is 0.811. The summed E-state index contributed by atoms with van der Waals surface area (Å²) in [5.74, 6) is -0.00925. The van der Waals surface area contributed by atoms with Crippen molar-refractivity contribution in [2.24, 2.45) is 0 Å². The molecule has 1 heterocycles. The van der Waals surface area contributed by atoms with E-state index in [0.717, 1.165) is 43.7 Å². The first-order valence-corrected chi connectivity index (χ1v) is 8.04. The Hall–Kier alpha value is -1.55. The maximum Gasteiger partial charge on any atom is 0.253 e. The molecule has 4 heteroatoms. The Morgan fingerprint density at radius 2 is 2.14 bits per heavy atom. The van der Waals surface area contributed by atoms with Crippen molar-refractivity contribution in [3.05, 3.63) is 29.8 Å². The van der Waals surface area contributed by atoms with Gasteiger partial charge in [-0.1, -0.05) is 19.1 Å². The molecule has 1 saturated heterocycles. The molecular formula is C17H26N2O2. The second-order valence-electron chi connectivity index (χ2n) is 5.51. The summed E-state index contributed by atoms with van der Waals surface area (Å²) < 4.78 is 5.68. The molecule has 1 aliphatic rings. The summed E-state index contributed by atoms with van der Waals surface area (Å²) in [5, 5.41) is 6.30. The molecule has 1 atom stereocenters. The topological polar surface area (TPSA) is 50.4 Å². The van der Waals surface area contributed by atoms with Gasteiger partial charge in [0.2, 0.25) is 0 Å². The van der Waals surface area contributed by atoms with E-state index in [-0.39, 0.29) is 5.91 Å². The Labute approximate surface area is 127 Å². The molecule has 0 aliphatic carbocycles. The summed E-state index contributed by atoms with van der Waals surface area (Å²) in [4.78, 5) is 12.3. The van der Waals surface area contributed by atoms with Crippen LogP contribution in [-0.2, 0) is 4.74 Å². The van der Waals surface area contributed by atoms with Crippen molar-refractivity contribution in [1.29, 1.82) is 0 Å². The van der Waals surface area contributed by atoms with E-state index in [2.05, 4.69) is 17.6 Å². The van der Waals surface area contributed by atoms with E-state index in [1.807, 2.05) is 24.3 Å². The molecule has 0 radical (unpaired) electrons. The number of benzene rings is 1. The summed E-state index contributed by atoms with van der Waals surface area (Å²) in [7, 11) is 0. The lowest BCUT2D eigenvalue weighted by Crippen LogP contribution is -2.29. The fraction of sp³-hybridized carbons (Fsp3) is 0.588. The third-order valence-electron chi connectivity index (χ3n) is 3.76. The van der Waals surface area contributed by atoms with Gasteiger partial charge in [-0.15, -0.1) is 0 Å². The Morgan fingerprint density at radius 1 is 1.29 bits per heavy atom. The summed E-state index contributed by atoms with van der Waals surface area (Å²) >= 11 is 0. The van der Waals surface area contributed by atoms with Crippen LogP contribution in [0.5, 0.6) is 0 Å². The zero-order valence-corrected chi connectivity index (χ0v) is 12.9. The number of anilines is 1. The minimum atomic E-state index is -0.00925. The SMILES string of the molecule is CCCNc1ccccc1C(=O)NCCC1CCCCO1. The highest BCUT2D eigenvalue weighted by atomic mass is 16.5. The standard InChI is InChI=1S/C17H26N2O2/c1-2-11-18-16-9-4-3-8-15(16)17(20)19-12-10-14-7-5-6-13-21-14/h3-4,8-9,14,18H,2,5-7,10-13H2,1H3,(H,19,20). The van der Waals surface area contributed by atoms with Crippen LogP contribution in [0.4, 0.5) is 5.69 Å². The third kappa shape index (κ3) is 5.05. The van der Waals surface area contributed by atoms with Crippen LogP contribution in [0.15, 0.2) is 24.3 Å². The van der Waals surface area contributed by atoms with E-state index in [4.69, 9.17) is 4.74 Å². The first-order chi connectivity index (χ1) is 10.3. The lowest BCUT2D eigenvalue weighted by Gasteiger charge is -2.22. The fourth-order valence-corrected chi connectivity index (χ4v) is 2.57. The Bertz CT molecular complexity index is 442. The molecule has 0 spiro atoms. The van der Waals surface area contributed by atoms with Gasteiger partial charge in [0, 0.05) is 25.4 Å². The van der Waals surface area contributed by atoms with Crippen LogP contribution in [0.2, 0.25) is 0 Å². The monoisotopic (exact) mass is 290 g/mol. The molecule has 1 fully saturated rings. The normalized spacial score (nSPS) is 18.2. The first-order valence-electron chi connectivity index (χ1n) is 8.04. The number of hydrogen-bond donors (Lipinski definition) is 2. The molecule has 0 aromatic heterocycles. The van der Waals surface area contributed by atoms with Crippen LogP contribution in [0.1, 0.15) is 49.4 Å². The Balaban J connectivity index is 1.82. The minimum Gasteiger partial charge on any atom is -0.384 e. The van der Waals surface area contributed by atoms with E-state index < -0.39 is 0 Å². The Kier molecular flexibility index (Phi) is 6.54. The van der Waals surface area contributed by atoms with Gasteiger partial charge in [0.1, 0.15) is 0 Å². The molecule has 21 heavy (non-hydrogen) atoms. The third-order valence-corrected chi connectivity index (χ3v) is 3.76. The van der Waals surface area contributed by atoms with E-state index in [9.17, 15) is 4.79 Å². The molecule has 1 amide bonds. The van der Waals surface area contributed by atoms with Gasteiger partial charge in [-0.05, 0) is 44.2 Å². The fourth-order valence-electron chi connectivity index (χ4n) is 2.57. The van der Waals surface area contributed by atoms with Crippen molar-refractivity contribution < 1.29 is 9.53 Å². The van der Waals surface area contributed by atoms with Gasteiger partial charge in [0.05, 0.1) is 11.7 Å². The second-order valence-corrected chi connectivity index (χ2v) is 5.51. The zero-order chi connectivity index (χ0) is 14.9. The van der Waals surface area contributed by atoms with Crippen LogP contribution >= 0.6 is 0 Å². The van der Waals surface area contributed by atoms with Crippen molar-refractivity contribution in [1.82, 2.24) is 5.32 Å². The van der Waals surface area contributed by atoms with Crippen molar-refractivity contribution >= 4 is 11.6 Å². The smallest absolute Gasteiger partial charge is 0.253 e. The summed E-state index contributed by atoms with van der Waals surface area (Å²) in [5.41, 5.74) is 1.63. The van der Waals surface area contributed by atoms with Crippen LogP contribution in [0.25, 0.3) is 0 Å². The molecule has 116 valence electrons. The molecular weight excluding hydrogens is 264 g/mol. The average molecular weight is 290 g/mol. The van der Waals surface area contributed by atoms with Gasteiger partial charge in [-0.3, -0.25) is 4.79 Å². The van der Waals surface area contributed by atoms with Gasteiger partial charge in [0.25, 0.3) is 5.91 Å². The largest absolute Gasteiger partial charge is 0.384 e. The highest BCUT2D eigenvalue weighted by Crippen LogP contribution is 2.16. The lowest BCUT2D eigenvalue weighted by atomic mass is 10.1. The number of carbonyl (C=O) groups excluding carboxylic acids is 1. The molecule has 1 unspecified atom stereocenters. The second kappa shape index (κ2) is 8.67. The molecule has 2 N–H and O–H groups in total. The van der Waals surface area contributed by atoms with E-state index in [0.29, 0.717) is 12.6 Å². The van der Waals surface area contributed by atoms with E-state index in [1.54, 1.807) is 0 Å². The number of carbonyl (C=O) groups is 1. The maximum atomic E-state index is 12.3. The highest BCUT2D eigenvalue weighted by Gasteiger charge is 2.15. The number of ether oxygens (including phenoxy) is 1. The Morgan fingerprint density at radius 3 is 2.90 bits per heavy atom. The number of para-hydroxylation sites is 1. The highest BCUT2D eigenvalue weighted by molar-refractivity contribution is 5.99. The molecule has 1 aliphatic heterocycles. The molecule has 2 rings (SSSR count). The minimum absolute atomic E-state index is 0.00925. The predicted octanol–water partition coefficient (Wildman–Crippen LogP) is 3.20. The molecule has 0 saturated carbocycles. The van der Waals surface area contributed by atoms with Crippen molar-refractivity contribution in [2.45, 2.75) is 45.1 Å². The molecule has 4 nitrogen and oxygen atoms in total. The van der Waals surface area contributed by atoms with E-state index in [1.165, 1.54) is 12.8 Å². The number of amides is 1. The van der Waals surface area contributed by atoms with Crippen molar-refractivity contribution in [3.63, 3.8) is 0 Å². The van der Waals surface area contributed by atoms with Gasteiger partial charge >= 0.3 is 0 Å². The lowest BCUT2D eigenvalue weighted by molar-refractivity contribution is 0.0117. The van der Waals surface area contributed by atoms with Gasteiger partial charge in [-0.25, -0.2) is 0 Å². The summed E-state index contributed by atoms with van der Waals surface area (Å²) in [6, 6.07) is 7.67. The first kappa shape index (κ1) is 15.8. The number of hydrogen-bond acceptors (Lipinski definition) is 3. The summed E-state index contributed by atoms with van der Waals surface area (Å²) in [6.45, 7) is 4.52. The molecule has 1 aromatic carbocycles. The van der Waals surface area contributed by atoms with Crippen LogP contribution in [0, 0.1) is 0 Å². The van der Waals surface area contributed by atoms with Crippen LogP contribution < -0.4 is 10.6 Å². The zero-order valence-electron chi connectivity index (χ0n) is 12.9. The van der Waals surface area contributed by atoms with Crippen LogP contribution in [0.3, 0.4) is 0 Å². The maximum absolute atomic E-state index is 12.3. The van der Waals surface area contributed by atoms with Crippen molar-refractivity contribution in [2.75, 3.05) is 25.0 Å². The van der Waals surface area contributed by atoms with E-state index >= 15 is 0 Å². The van der Waals surface area contributed by atoms with Crippen molar-refractivity contribution in [3.8, 4) is 0 Å². The predicted molar refractivity (Wildman–Crippen MR) is 85.8 cm³/mol. The average Bonchev–Trinajstić information content (AvgIpc) is 2.54. The van der Waals surface area contributed by atoms with Crippen LogP contribution in [-0.4, -0.2) is 31.7 Å². The van der Waals surface area contributed by atoms with Gasteiger partial charge in [-0.2, -0.15) is 0 Å². The molecule has 0 bridgehead atoms. The number of rotatable bonds is 7. The number of nitrogens with one attached hydrogen (secondary N) is 2. The van der Waals surface area contributed by atoms with Gasteiger partial charge < -0.3 is 15.4 Å². The van der Waals surface area contributed by atoms with Gasteiger partial charge in [0.15, 0.2) is 0 Å². The molecule has 1 aromatic rings. The summed E-state index contributed by atoms with van der Waals surface area (Å²) in [6.07, 6.45) is 5.77.